The number of nitrogen functional groups attached to an aromatic ring is 1. The number of amides is 1. The van der Waals surface area contributed by atoms with Crippen LogP contribution >= 0.6 is 11.6 Å². The summed E-state index contributed by atoms with van der Waals surface area (Å²) in [6.07, 6.45) is 0. The second-order valence-electron chi connectivity index (χ2n) is 4.86. The number of benzene rings is 2. The lowest BCUT2D eigenvalue weighted by Gasteiger charge is -2.11. The first-order valence-corrected chi connectivity index (χ1v) is 6.88. The van der Waals surface area contributed by atoms with Crippen molar-refractivity contribution < 1.29 is 9.53 Å². The summed E-state index contributed by atoms with van der Waals surface area (Å²) in [6.45, 7) is 3.74. The highest BCUT2D eigenvalue weighted by atomic mass is 35.5. The molecule has 0 aromatic heterocycles. The van der Waals surface area contributed by atoms with Gasteiger partial charge in [-0.25, -0.2) is 0 Å². The van der Waals surface area contributed by atoms with Crippen LogP contribution in [0.4, 0.5) is 11.4 Å². The Morgan fingerprint density at radius 1 is 1.19 bits per heavy atom. The molecule has 0 radical (unpaired) electrons. The minimum absolute atomic E-state index is 0.129. The zero-order valence-electron chi connectivity index (χ0n) is 11.9. The first-order valence-electron chi connectivity index (χ1n) is 6.50. The normalized spacial score (nSPS) is 10.2. The average Bonchev–Trinajstić information content (AvgIpc) is 2.41. The van der Waals surface area contributed by atoms with Crippen molar-refractivity contribution in [1.82, 2.24) is 0 Å². The SMILES string of the molecule is Cc1ccc(NC(=O)COc2ccc(C)cc2Cl)c(N)c1. The third-order valence-corrected chi connectivity index (χ3v) is 3.22. The Balaban J connectivity index is 1.96. The Hall–Kier alpha value is -2.20. The van der Waals surface area contributed by atoms with E-state index in [1.807, 2.05) is 26.0 Å². The number of anilines is 2. The minimum Gasteiger partial charge on any atom is -0.482 e. The van der Waals surface area contributed by atoms with Crippen LogP contribution in [0, 0.1) is 13.8 Å². The molecule has 0 bridgehead atoms. The molecule has 5 heteroatoms. The third-order valence-electron chi connectivity index (χ3n) is 2.93. The van der Waals surface area contributed by atoms with Gasteiger partial charge in [0, 0.05) is 0 Å². The van der Waals surface area contributed by atoms with Crippen LogP contribution in [-0.2, 0) is 4.79 Å². The Morgan fingerprint density at radius 3 is 2.52 bits per heavy atom. The molecular formula is C16H17ClN2O2. The van der Waals surface area contributed by atoms with E-state index in [-0.39, 0.29) is 12.5 Å². The quantitative estimate of drug-likeness (QED) is 0.849. The Morgan fingerprint density at radius 2 is 1.86 bits per heavy atom. The summed E-state index contributed by atoms with van der Waals surface area (Å²) in [5.41, 5.74) is 9.01. The van der Waals surface area contributed by atoms with Gasteiger partial charge in [0.05, 0.1) is 16.4 Å². The molecule has 0 unspecified atom stereocenters. The maximum Gasteiger partial charge on any atom is 0.262 e. The van der Waals surface area contributed by atoms with Crippen molar-refractivity contribution in [1.29, 1.82) is 0 Å². The number of rotatable bonds is 4. The largest absolute Gasteiger partial charge is 0.482 e. The van der Waals surface area contributed by atoms with Crippen molar-refractivity contribution in [2.24, 2.45) is 0 Å². The van der Waals surface area contributed by atoms with E-state index >= 15 is 0 Å². The lowest BCUT2D eigenvalue weighted by Crippen LogP contribution is -2.20. The highest BCUT2D eigenvalue weighted by molar-refractivity contribution is 6.32. The summed E-state index contributed by atoms with van der Waals surface area (Å²) < 4.78 is 5.40. The summed E-state index contributed by atoms with van der Waals surface area (Å²) in [5.74, 6) is 0.191. The monoisotopic (exact) mass is 304 g/mol. The first-order chi connectivity index (χ1) is 9.95. The van der Waals surface area contributed by atoms with Gasteiger partial charge in [0.1, 0.15) is 5.75 Å². The molecule has 0 heterocycles. The molecule has 0 saturated carbocycles. The Bertz CT molecular complexity index is 671. The molecule has 0 saturated heterocycles. The van der Waals surface area contributed by atoms with E-state index in [0.29, 0.717) is 22.1 Å². The number of carbonyl (C=O) groups excluding carboxylic acids is 1. The second kappa shape index (κ2) is 6.50. The number of halogens is 1. The van der Waals surface area contributed by atoms with Gasteiger partial charge in [-0.1, -0.05) is 23.7 Å². The number of hydrogen-bond donors (Lipinski definition) is 2. The van der Waals surface area contributed by atoms with Gasteiger partial charge in [-0.15, -0.1) is 0 Å². The highest BCUT2D eigenvalue weighted by Crippen LogP contribution is 2.25. The van der Waals surface area contributed by atoms with Gasteiger partial charge in [-0.2, -0.15) is 0 Å². The maximum absolute atomic E-state index is 11.9. The number of nitrogens with one attached hydrogen (secondary N) is 1. The topological polar surface area (TPSA) is 64.3 Å². The molecule has 0 fully saturated rings. The van der Waals surface area contributed by atoms with E-state index in [9.17, 15) is 4.79 Å². The lowest BCUT2D eigenvalue weighted by atomic mass is 10.2. The molecule has 2 aromatic rings. The number of hydrogen-bond acceptors (Lipinski definition) is 3. The summed E-state index contributed by atoms with van der Waals surface area (Å²) in [5, 5.41) is 3.19. The molecule has 0 aliphatic rings. The average molecular weight is 305 g/mol. The Labute approximate surface area is 128 Å². The van der Waals surface area contributed by atoms with E-state index in [2.05, 4.69) is 5.32 Å². The number of carbonyl (C=O) groups is 1. The molecule has 2 rings (SSSR count). The summed E-state index contributed by atoms with van der Waals surface area (Å²) in [4.78, 5) is 11.9. The van der Waals surface area contributed by atoms with Crippen LogP contribution in [0.3, 0.4) is 0 Å². The summed E-state index contributed by atoms with van der Waals surface area (Å²) in [6, 6.07) is 10.8. The number of ether oxygens (including phenoxy) is 1. The summed E-state index contributed by atoms with van der Waals surface area (Å²) >= 11 is 6.04. The smallest absolute Gasteiger partial charge is 0.262 e. The third kappa shape index (κ3) is 4.13. The molecule has 110 valence electrons. The van der Waals surface area contributed by atoms with Crippen LogP contribution in [-0.4, -0.2) is 12.5 Å². The van der Waals surface area contributed by atoms with Gasteiger partial charge in [0.25, 0.3) is 5.91 Å². The number of aryl methyl sites for hydroxylation is 2. The van der Waals surface area contributed by atoms with Crippen LogP contribution in [0.2, 0.25) is 5.02 Å². The van der Waals surface area contributed by atoms with Crippen LogP contribution in [0.25, 0.3) is 0 Å². The van der Waals surface area contributed by atoms with Crippen LogP contribution < -0.4 is 15.8 Å². The molecule has 0 atom stereocenters. The zero-order valence-corrected chi connectivity index (χ0v) is 12.7. The van der Waals surface area contributed by atoms with Crippen molar-refractivity contribution in [3.05, 3.63) is 52.5 Å². The molecule has 0 spiro atoms. The van der Waals surface area contributed by atoms with Crippen molar-refractivity contribution in [3.63, 3.8) is 0 Å². The predicted molar refractivity (Wildman–Crippen MR) is 85.9 cm³/mol. The predicted octanol–water partition coefficient (Wildman–Crippen LogP) is 3.56. The zero-order chi connectivity index (χ0) is 15.4. The molecule has 4 nitrogen and oxygen atoms in total. The molecule has 21 heavy (non-hydrogen) atoms. The minimum atomic E-state index is -0.290. The molecule has 3 N–H and O–H groups in total. The second-order valence-corrected chi connectivity index (χ2v) is 5.27. The molecule has 0 aliphatic heterocycles. The van der Waals surface area contributed by atoms with E-state index in [1.165, 1.54) is 0 Å². The van der Waals surface area contributed by atoms with E-state index in [4.69, 9.17) is 22.1 Å². The standard InChI is InChI=1S/C16H17ClN2O2/c1-10-4-6-15(12(17)7-10)21-9-16(20)19-14-5-3-11(2)8-13(14)18/h3-8H,9,18H2,1-2H3,(H,19,20). The van der Waals surface area contributed by atoms with Crippen LogP contribution in [0.15, 0.2) is 36.4 Å². The van der Waals surface area contributed by atoms with Crippen molar-refractivity contribution >= 4 is 28.9 Å². The van der Waals surface area contributed by atoms with Crippen LogP contribution in [0.5, 0.6) is 5.75 Å². The maximum atomic E-state index is 11.9. The fourth-order valence-electron chi connectivity index (χ4n) is 1.85. The molecule has 1 amide bonds. The molecule has 2 aromatic carbocycles. The fraction of sp³-hybridized carbons (Fsp3) is 0.188. The molecule has 0 aliphatic carbocycles. The van der Waals surface area contributed by atoms with Crippen LogP contribution in [0.1, 0.15) is 11.1 Å². The first kappa shape index (κ1) is 15.2. The van der Waals surface area contributed by atoms with Gasteiger partial charge >= 0.3 is 0 Å². The van der Waals surface area contributed by atoms with E-state index in [0.717, 1.165) is 11.1 Å². The van der Waals surface area contributed by atoms with Crippen molar-refractivity contribution in [2.45, 2.75) is 13.8 Å². The number of nitrogens with two attached hydrogens (primary N) is 1. The van der Waals surface area contributed by atoms with Gasteiger partial charge < -0.3 is 15.8 Å². The fourth-order valence-corrected chi connectivity index (χ4v) is 2.14. The van der Waals surface area contributed by atoms with Gasteiger partial charge in [0.15, 0.2) is 6.61 Å². The van der Waals surface area contributed by atoms with Gasteiger partial charge in [-0.3, -0.25) is 4.79 Å². The molecular weight excluding hydrogens is 288 g/mol. The highest BCUT2D eigenvalue weighted by Gasteiger charge is 2.08. The van der Waals surface area contributed by atoms with Gasteiger partial charge in [0.2, 0.25) is 0 Å². The van der Waals surface area contributed by atoms with Crippen molar-refractivity contribution in [3.8, 4) is 5.75 Å². The van der Waals surface area contributed by atoms with Gasteiger partial charge in [-0.05, 0) is 49.2 Å². The Kier molecular flexibility index (Phi) is 4.70. The van der Waals surface area contributed by atoms with E-state index < -0.39 is 0 Å². The van der Waals surface area contributed by atoms with Crippen molar-refractivity contribution in [2.75, 3.05) is 17.7 Å². The lowest BCUT2D eigenvalue weighted by molar-refractivity contribution is -0.118. The van der Waals surface area contributed by atoms with E-state index in [1.54, 1.807) is 24.3 Å². The summed E-state index contributed by atoms with van der Waals surface area (Å²) in [7, 11) is 0.